The van der Waals surface area contributed by atoms with Gasteiger partial charge >= 0.3 is 0 Å². The van der Waals surface area contributed by atoms with E-state index in [-0.39, 0.29) is 24.3 Å². The van der Waals surface area contributed by atoms with E-state index in [1.54, 1.807) is 11.3 Å². The molecule has 0 unspecified atom stereocenters. The van der Waals surface area contributed by atoms with Gasteiger partial charge in [-0.3, -0.25) is 14.5 Å². The molecule has 2 amide bonds. The summed E-state index contributed by atoms with van der Waals surface area (Å²) < 4.78 is 0. The first kappa shape index (κ1) is 20.6. The van der Waals surface area contributed by atoms with E-state index in [1.807, 2.05) is 29.6 Å². The molecule has 28 heavy (non-hydrogen) atoms. The topological polar surface area (TPSA) is 61.4 Å². The zero-order chi connectivity index (χ0) is 19.9. The van der Waals surface area contributed by atoms with E-state index in [9.17, 15) is 9.59 Å². The molecule has 1 aromatic heterocycles. The number of anilines is 1. The van der Waals surface area contributed by atoms with Crippen molar-refractivity contribution < 1.29 is 9.59 Å². The molecule has 3 rings (SSSR count). The minimum Gasteiger partial charge on any atom is -0.348 e. The lowest BCUT2D eigenvalue weighted by atomic mass is 10.0. The summed E-state index contributed by atoms with van der Waals surface area (Å²) in [6.07, 6.45) is 4.09. The molecule has 2 N–H and O–H groups in total. The van der Waals surface area contributed by atoms with Gasteiger partial charge in [0.25, 0.3) is 0 Å². The maximum Gasteiger partial charge on any atom is 0.226 e. The molecule has 0 spiro atoms. The molecule has 1 aliphatic rings. The van der Waals surface area contributed by atoms with Gasteiger partial charge in [-0.15, -0.1) is 11.3 Å². The number of nitrogens with zero attached hydrogens (tertiary/aromatic N) is 1. The van der Waals surface area contributed by atoms with Crippen molar-refractivity contribution in [3.63, 3.8) is 0 Å². The number of thiophene rings is 1. The molecular weight excluding hydrogens is 370 g/mol. The second-order valence-corrected chi connectivity index (χ2v) is 8.51. The predicted molar refractivity (Wildman–Crippen MR) is 114 cm³/mol. The molecule has 5 nitrogen and oxygen atoms in total. The van der Waals surface area contributed by atoms with Crippen molar-refractivity contribution in [2.45, 2.75) is 58.2 Å². The fourth-order valence-electron chi connectivity index (χ4n) is 3.68. The first-order valence-electron chi connectivity index (χ1n) is 9.94. The number of amides is 2. The highest BCUT2D eigenvalue weighted by Gasteiger charge is 2.19. The van der Waals surface area contributed by atoms with Crippen molar-refractivity contribution >= 4 is 28.8 Å². The van der Waals surface area contributed by atoms with Crippen LogP contribution in [-0.2, 0) is 16.1 Å². The largest absolute Gasteiger partial charge is 0.348 e. The Hall–Kier alpha value is -2.18. The lowest BCUT2D eigenvalue weighted by Crippen LogP contribution is -2.36. The minimum absolute atomic E-state index is 0.107. The van der Waals surface area contributed by atoms with Gasteiger partial charge in [0.2, 0.25) is 11.8 Å². The van der Waals surface area contributed by atoms with Crippen LogP contribution in [0.4, 0.5) is 5.69 Å². The number of carbonyl (C=O) groups excluding carboxylic acids is 2. The number of hydrogen-bond acceptors (Lipinski definition) is 4. The van der Waals surface area contributed by atoms with Crippen LogP contribution in [0.25, 0.3) is 0 Å². The zero-order valence-corrected chi connectivity index (χ0v) is 17.4. The average Bonchev–Trinajstić information content (AvgIpc) is 3.19. The Morgan fingerprint density at radius 2 is 2.00 bits per heavy atom. The molecule has 6 heteroatoms. The van der Waals surface area contributed by atoms with E-state index < -0.39 is 0 Å². The zero-order valence-electron chi connectivity index (χ0n) is 16.6. The summed E-state index contributed by atoms with van der Waals surface area (Å²) in [7, 11) is 0. The van der Waals surface area contributed by atoms with Crippen LogP contribution < -0.4 is 10.6 Å². The molecule has 0 saturated carbocycles. The third kappa shape index (κ3) is 5.91. The van der Waals surface area contributed by atoms with Crippen LogP contribution in [0.5, 0.6) is 0 Å². The predicted octanol–water partition coefficient (Wildman–Crippen LogP) is 4.33. The summed E-state index contributed by atoms with van der Waals surface area (Å²) >= 11 is 1.54. The van der Waals surface area contributed by atoms with Crippen molar-refractivity contribution in [1.82, 2.24) is 10.2 Å². The molecular formula is C22H29N3O2S. The van der Waals surface area contributed by atoms with Gasteiger partial charge in [0.1, 0.15) is 0 Å². The molecule has 1 fully saturated rings. The van der Waals surface area contributed by atoms with Gasteiger partial charge in [-0.1, -0.05) is 24.6 Å². The maximum atomic E-state index is 12.5. The van der Waals surface area contributed by atoms with Crippen molar-refractivity contribution in [3.05, 3.63) is 52.2 Å². The standard InChI is InChI=1S/C22H29N3O2S/c1-16-6-3-4-12-25(16)15-18-8-10-19(11-9-18)24-22(27)14-20(23-17(2)26)21-7-5-13-28-21/h5,7-11,13,16,20H,3-4,6,12,14-15H2,1-2H3,(H,23,26)(H,24,27)/t16-,20-/m1/s1. The third-order valence-corrected chi connectivity index (χ3v) is 6.20. The number of piperidine rings is 1. The van der Waals surface area contributed by atoms with Crippen LogP contribution in [0.2, 0.25) is 0 Å². The lowest BCUT2D eigenvalue weighted by Gasteiger charge is -2.33. The Balaban J connectivity index is 1.55. The third-order valence-electron chi connectivity index (χ3n) is 5.22. The van der Waals surface area contributed by atoms with Crippen molar-refractivity contribution in [1.29, 1.82) is 0 Å². The van der Waals surface area contributed by atoms with Gasteiger partial charge in [0.15, 0.2) is 0 Å². The molecule has 1 aromatic carbocycles. The fourth-order valence-corrected chi connectivity index (χ4v) is 4.45. The van der Waals surface area contributed by atoms with Crippen molar-refractivity contribution in [2.24, 2.45) is 0 Å². The van der Waals surface area contributed by atoms with Crippen LogP contribution >= 0.6 is 11.3 Å². The highest BCUT2D eigenvalue weighted by molar-refractivity contribution is 7.10. The summed E-state index contributed by atoms with van der Waals surface area (Å²) in [6, 6.07) is 12.3. The fraction of sp³-hybridized carbons (Fsp3) is 0.455. The molecule has 1 aliphatic heterocycles. The number of nitrogens with one attached hydrogen (secondary N) is 2. The van der Waals surface area contributed by atoms with Crippen LogP contribution in [0, 0.1) is 0 Å². The van der Waals surface area contributed by atoms with Gasteiger partial charge < -0.3 is 10.6 Å². The van der Waals surface area contributed by atoms with E-state index in [0.29, 0.717) is 6.04 Å². The van der Waals surface area contributed by atoms with Crippen LogP contribution in [0.1, 0.15) is 56.0 Å². The lowest BCUT2D eigenvalue weighted by molar-refractivity contribution is -0.120. The highest BCUT2D eigenvalue weighted by Crippen LogP contribution is 2.23. The molecule has 2 aromatic rings. The Morgan fingerprint density at radius 1 is 1.21 bits per heavy atom. The Morgan fingerprint density at radius 3 is 2.64 bits per heavy atom. The maximum absolute atomic E-state index is 12.5. The van der Waals surface area contributed by atoms with Crippen molar-refractivity contribution in [2.75, 3.05) is 11.9 Å². The molecule has 0 aliphatic carbocycles. The first-order valence-corrected chi connectivity index (χ1v) is 10.8. The molecule has 2 atom stereocenters. The van der Waals surface area contributed by atoms with E-state index in [4.69, 9.17) is 0 Å². The molecule has 150 valence electrons. The number of benzene rings is 1. The number of likely N-dealkylation sites (tertiary alicyclic amines) is 1. The quantitative estimate of drug-likeness (QED) is 0.728. The second-order valence-electron chi connectivity index (χ2n) is 7.53. The smallest absolute Gasteiger partial charge is 0.226 e. The van der Waals surface area contributed by atoms with Crippen LogP contribution in [-0.4, -0.2) is 29.3 Å². The minimum atomic E-state index is -0.294. The molecule has 0 bridgehead atoms. The van der Waals surface area contributed by atoms with Crippen LogP contribution in [0.15, 0.2) is 41.8 Å². The summed E-state index contributed by atoms with van der Waals surface area (Å²) in [5, 5.41) is 7.76. The Labute approximate surface area is 171 Å². The van der Waals surface area contributed by atoms with Crippen molar-refractivity contribution in [3.8, 4) is 0 Å². The van der Waals surface area contributed by atoms with Gasteiger partial charge in [-0.05, 0) is 55.5 Å². The summed E-state index contributed by atoms with van der Waals surface area (Å²) in [6.45, 7) is 5.89. The van der Waals surface area contributed by atoms with E-state index in [2.05, 4.69) is 34.6 Å². The Kier molecular flexibility index (Phi) is 7.23. The van der Waals surface area contributed by atoms with E-state index in [1.165, 1.54) is 31.7 Å². The number of carbonyl (C=O) groups is 2. The van der Waals surface area contributed by atoms with Gasteiger partial charge in [0.05, 0.1) is 12.5 Å². The number of hydrogen-bond donors (Lipinski definition) is 2. The molecule has 2 heterocycles. The van der Waals surface area contributed by atoms with E-state index >= 15 is 0 Å². The average molecular weight is 400 g/mol. The monoisotopic (exact) mass is 399 g/mol. The summed E-state index contributed by atoms with van der Waals surface area (Å²) in [5.41, 5.74) is 2.05. The first-order chi connectivity index (χ1) is 13.5. The molecule has 0 radical (unpaired) electrons. The van der Waals surface area contributed by atoms with Gasteiger partial charge in [-0.25, -0.2) is 0 Å². The van der Waals surface area contributed by atoms with E-state index in [0.717, 1.165) is 23.7 Å². The van der Waals surface area contributed by atoms with Gasteiger partial charge in [0, 0.05) is 30.1 Å². The normalized spacial score (nSPS) is 18.4. The second kappa shape index (κ2) is 9.85. The number of rotatable bonds is 7. The Bertz CT molecular complexity index is 774. The summed E-state index contributed by atoms with van der Waals surface area (Å²) in [4.78, 5) is 27.5. The summed E-state index contributed by atoms with van der Waals surface area (Å²) in [5.74, 6) is -0.243. The highest BCUT2D eigenvalue weighted by atomic mass is 32.1. The molecule has 1 saturated heterocycles. The van der Waals surface area contributed by atoms with Crippen LogP contribution in [0.3, 0.4) is 0 Å². The SMILES string of the molecule is CC(=O)N[C@H](CC(=O)Nc1ccc(CN2CCCC[C@H]2C)cc1)c1cccs1. The van der Waals surface area contributed by atoms with Gasteiger partial charge in [-0.2, -0.15) is 0 Å².